The Bertz CT molecular complexity index is 640. The van der Waals surface area contributed by atoms with Crippen LogP contribution in [0.5, 0.6) is 0 Å². The number of amides is 1. The molecule has 0 spiro atoms. The average Bonchev–Trinajstić information content (AvgIpc) is 2.47. The first kappa shape index (κ1) is 15.9. The summed E-state index contributed by atoms with van der Waals surface area (Å²) in [6, 6.07) is 3.58. The lowest BCUT2D eigenvalue weighted by Crippen LogP contribution is -2.41. The quantitative estimate of drug-likeness (QED) is 0.826. The van der Waals surface area contributed by atoms with E-state index < -0.39 is 21.7 Å². The number of piperidine rings is 1. The van der Waals surface area contributed by atoms with Crippen LogP contribution in [0.4, 0.5) is 4.39 Å². The Morgan fingerprint density at radius 1 is 1.33 bits per heavy atom. The van der Waals surface area contributed by atoms with Crippen LogP contribution in [0.15, 0.2) is 23.1 Å². The van der Waals surface area contributed by atoms with Crippen LogP contribution < -0.4 is 11.5 Å². The molecule has 116 valence electrons. The van der Waals surface area contributed by atoms with Crippen molar-refractivity contribution in [3.8, 4) is 0 Å². The van der Waals surface area contributed by atoms with E-state index in [0.29, 0.717) is 12.8 Å². The van der Waals surface area contributed by atoms with Gasteiger partial charge in [-0.3, -0.25) is 4.79 Å². The SMILES string of the molecule is NCc1cc(S(=O)(=O)N2CCC(C(N)=O)CC2)ccc1F. The summed E-state index contributed by atoms with van der Waals surface area (Å²) in [5.74, 6) is -1.22. The summed E-state index contributed by atoms with van der Waals surface area (Å²) < 4.78 is 39.7. The number of primary amides is 1. The highest BCUT2D eigenvalue weighted by molar-refractivity contribution is 7.89. The molecule has 0 saturated carbocycles. The molecule has 21 heavy (non-hydrogen) atoms. The molecule has 2 rings (SSSR count). The Labute approximate surface area is 123 Å². The van der Waals surface area contributed by atoms with E-state index in [2.05, 4.69) is 0 Å². The van der Waals surface area contributed by atoms with Gasteiger partial charge in [-0.05, 0) is 31.0 Å². The number of carbonyl (C=O) groups is 1. The van der Waals surface area contributed by atoms with Crippen molar-refractivity contribution in [3.63, 3.8) is 0 Å². The Hall–Kier alpha value is -1.51. The van der Waals surface area contributed by atoms with E-state index in [1.807, 2.05) is 0 Å². The van der Waals surface area contributed by atoms with Gasteiger partial charge in [-0.25, -0.2) is 12.8 Å². The van der Waals surface area contributed by atoms with Crippen molar-refractivity contribution in [2.75, 3.05) is 13.1 Å². The highest BCUT2D eigenvalue weighted by Crippen LogP contribution is 2.24. The highest BCUT2D eigenvalue weighted by atomic mass is 32.2. The molecule has 1 aliphatic heterocycles. The maximum Gasteiger partial charge on any atom is 0.243 e. The van der Waals surface area contributed by atoms with Crippen molar-refractivity contribution in [2.45, 2.75) is 24.3 Å². The van der Waals surface area contributed by atoms with Gasteiger partial charge in [-0.15, -0.1) is 0 Å². The minimum atomic E-state index is -3.70. The van der Waals surface area contributed by atoms with E-state index in [9.17, 15) is 17.6 Å². The van der Waals surface area contributed by atoms with Crippen LogP contribution in [-0.4, -0.2) is 31.7 Å². The lowest BCUT2D eigenvalue weighted by molar-refractivity contribution is -0.122. The number of nitrogens with two attached hydrogens (primary N) is 2. The fraction of sp³-hybridized carbons (Fsp3) is 0.462. The number of benzene rings is 1. The van der Waals surface area contributed by atoms with E-state index in [4.69, 9.17) is 11.5 Å². The molecule has 0 aromatic heterocycles. The Kier molecular flexibility index (Phi) is 4.60. The molecule has 1 fully saturated rings. The minimum absolute atomic E-state index is 0.0156. The third-order valence-electron chi connectivity index (χ3n) is 3.73. The molecular weight excluding hydrogens is 297 g/mol. The maximum atomic E-state index is 13.4. The Morgan fingerprint density at radius 3 is 2.48 bits per heavy atom. The summed E-state index contributed by atoms with van der Waals surface area (Å²) in [4.78, 5) is 11.1. The zero-order valence-electron chi connectivity index (χ0n) is 11.5. The largest absolute Gasteiger partial charge is 0.369 e. The fourth-order valence-corrected chi connectivity index (χ4v) is 3.92. The number of hydrogen-bond donors (Lipinski definition) is 2. The number of halogens is 1. The molecule has 1 aromatic rings. The normalized spacial score (nSPS) is 17.8. The smallest absolute Gasteiger partial charge is 0.243 e. The monoisotopic (exact) mass is 315 g/mol. The molecule has 1 aliphatic rings. The van der Waals surface area contributed by atoms with Gasteiger partial charge in [0.25, 0.3) is 0 Å². The molecule has 1 aromatic carbocycles. The molecule has 0 aliphatic carbocycles. The molecule has 0 bridgehead atoms. The number of rotatable bonds is 4. The van der Waals surface area contributed by atoms with Gasteiger partial charge in [0.2, 0.25) is 15.9 Å². The molecule has 8 heteroatoms. The van der Waals surface area contributed by atoms with Crippen LogP contribution in [0, 0.1) is 11.7 Å². The van der Waals surface area contributed by atoms with Crippen LogP contribution in [-0.2, 0) is 21.4 Å². The molecule has 0 radical (unpaired) electrons. The standard InChI is InChI=1S/C13H18FN3O3S/c14-12-2-1-11(7-10(12)8-15)21(19,20)17-5-3-9(4-6-17)13(16)18/h1-2,7,9H,3-6,8,15H2,(H2,16,18). The van der Waals surface area contributed by atoms with Gasteiger partial charge in [0.05, 0.1) is 4.90 Å². The molecule has 0 unspecified atom stereocenters. The first-order chi connectivity index (χ1) is 9.86. The minimum Gasteiger partial charge on any atom is -0.369 e. The van der Waals surface area contributed by atoms with Crippen molar-refractivity contribution in [3.05, 3.63) is 29.6 Å². The third-order valence-corrected chi connectivity index (χ3v) is 5.63. The lowest BCUT2D eigenvalue weighted by atomic mass is 9.98. The second kappa shape index (κ2) is 6.08. The summed E-state index contributed by atoms with van der Waals surface area (Å²) in [5, 5.41) is 0. The van der Waals surface area contributed by atoms with Gasteiger partial charge in [0, 0.05) is 31.1 Å². The van der Waals surface area contributed by atoms with Gasteiger partial charge < -0.3 is 11.5 Å². The molecular formula is C13H18FN3O3S. The van der Waals surface area contributed by atoms with Crippen LogP contribution in [0.2, 0.25) is 0 Å². The zero-order chi connectivity index (χ0) is 15.6. The molecule has 1 amide bonds. The van der Waals surface area contributed by atoms with Crippen molar-refractivity contribution >= 4 is 15.9 Å². The summed E-state index contributed by atoms with van der Waals surface area (Å²) in [5.41, 5.74) is 10.8. The van der Waals surface area contributed by atoms with E-state index in [1.54, 1.807) is 0 Å². The van der Waals surface area contributed by atoms with E-state index in [1.165, 1.54) is 16.4 Å². The second-order valence-electron chi connectivity index (χ2n) is 5.04. The van der Waals surface area contributed by atoms with Crippen molar-refractivity contribution < 1.29 is 17.6 Å². The Morgan fingerprint density at radius 2 is 1.95 bits per heavy atom. The number of hydrogen-bond acceptors (Lipinski definition) is 4. The molecule has 6 nitrogen and oxygen atoms in total. The van der Waals surface area contributed by atoms with Gasteiger partial charge in [-0.2, -0.15) is 4.31 Å². The summed E-state index contributed by atoms with van der Waals surface area (Å²) >= 11 is 0. The maximum absolute atomic E-state index is 13.4. The lowest BCUT2D eigenvalue weighted by Gasteiger charge is -2.29. The van der Waals surface area contributed by atoms with Gasteiger partial charge in [-0.1, -0.05) is 0 Å². The zero-order valence-corrected chi connectivity index (χ0v) is 12.3. The fourth-order valence-electron chi connectivity index (χ4n) is 2.40. The summed E-state index contributed by atoms with van der Waals surface area (Å²) in [6.07, 6.45) is 0.805. The predicted octanol–water partition coefficient (Wildman–Crippen LogP) is 0.170. The van der Waals surface area contributed by atoms with Crippen molar-refractivity contribution in [2.24, 2.45) is 17.4 Å². The van der Waals surface area contributed by atoms with Crippen LogP contribution in [0.25, 0.3) is 0 Å². The van der Waals surface area contributed by atoms with Gasteiger partial charge >= 0.3 is 0 Å². The Balaban J connectivity index is 2.21. The second-order valence-corrected chi connectivity index (χ2v) is 6.98. The van der Waals surface area contributed by atoms with Crippen LogP contribution in [0.1, 0.15) is 18.4 Å². The van der Waals surface area contributed by atoms with Crippen molar-refractivity contribution in [1.29, 1.82) is 0 Å². The molecule has 4 N–H and O–H groups in total. The van der Waals surface area contributed by atoms with Crippen LogP contribution in [0.3, 0.4) is 0 Å². The first-order valence-electron chi connectivity index (χ1n) is 6.64. The number of sulfonamides is 1. The van der Waals surface area contributed by atoms with E-state index in [-0.39, 0.29) is 36.0 Å². The van der Waals surface area contributed by atoms with Crippen LogP contribution >= 0.6 is 0 Å². The predicted molar refractivity (Wildman–Crippen MR) is 75.0 cm³/mol. The molecule has 0 atom stereocenters. The molecule has 1 heterocycles. The van der Waals surface area contributed by atoms with E-state index >= 15 is 0 Å². The number of nitrogens with zero attached hydrogens (tertiary/aromatic N) is 1. The average molecular weight is 315 g/mol. The molecule has 1 saturated heterocycles. The summed E-state index contributed by atoms with van der Waals surface area (Å²) in [6.45, 7) is 0.384. The third kappa shape index (κ3) is 3.22. The van der Waals surface area contributed by atoms with Gasteiger partial charge in [0.1, 0.15) is 5.82 Å². The number of carbonyl (C=O) groups excluding carboxylic acids is 1. The van der Waals surface area contributed by atoms with E-state index in [0.717, 1.165) is 6.07 Å². The van der Waals surface area contributed by atoms with Crippen molar-refractivity contribution in [1.82, 2.24) is 4.31 Å². The van der Waals surface area contributed by atoms with Gasteiger partial charge in [0.15, 0.2) is 0 Å². The first-order valence-corrected chi connectivity index (χ1v) is 8.08. The topological polar surface area (TPSA) is 106 Å². The highest BCUT2D eigenvalue weighted by Gasteiger charge is 2.31. The summed E-state index contributed by atoms with van der Waals surface area (Å²) in [7, 11) is -3.70.